The Labute approximate surface area is 133 Å². The van der Waals surface area contributed by atoms with Gasteiger partial charge in [0.1, 0.15) is 0 Å². The minimum absolute atomic E-state index is 0. The van der Waals surface area contributed by atoms with E-state index in [-0.39, 0.29) is 23.9 Å². The maximum absolute atomic E-state index is 12.3. The molecule has 3 rings (SSSR count). The molecule has 4 N–H and O–H groups in total. The summed E-state index contributed by atoms with van der Waals surface area (Å²) < 4.78 is 0. The van der Waals surface area contributed by atoms with Crippen molar-refractivity contribution in [2.45, 2.75) is 25.3 Å². The van der Waals surface area contributed by atoms with Crippen molar-refractivity contribution < 1.29 is 4.79 Å². The predicted octanol–water partition coefficient (Wildman–Crippen LogP) is 2.42. The standard InChI is InChI=1S/C14H18N4OS.ClH/c1-14(8-15,9-4-5-9)16-13(19)11-7-10(17-18-11)12-3-2-6-20-12;/h2-3,6-7,9H,4-5,8,15H2,1H3,(H,16,19)(H,17,18);1H. The molecular formula is C14H19ClN4OS. The Morgan fingerprint density at radius 1 is 1.62 bits per heavy atom. The van der Waals surface area contributed by atoms with Gasteiger partial charge in [-0.2, -0.15) is 5.10 Å². The van der Waals surface area contributed by atoms with Crippen molar-refractivity contribution in [1.82, 2.24) is 15.5 Å². The number of nitrogens with two attached hydrogens (primary N) is 1. The first-order valence-corrected chi connectivity index (χ1v) is 7.62. The largest absolute Gasteiger partial charge is 0.344 e. The zero-order chi connectivity index (χ0) is 14.2. The van der Waals surface area contributed by atoms with Gasteiger partial charge in [-0.25, -0.2) is 0 Å². The number of amides is 1. The number of hydrogen-bond acceptors (Lipinski definition) is 4. The fraction of sp³-hybridized carbons (Fsp3) is 0.429. The molecule has 7 heteroatoms. The fourth-order valence-corrected chi connectivity index (χ4v) is 3.05. The van der Waals surface area contributed by atoms with Crippen LogP contribution >= 0.6 is 23.7 Å². The van der Waals surface area contributed by atoms with E-state index in [1.54, 1.807) is 17.4 Å². The Kier molecular flexibility index (Phi) is 4.70. The van der Waals surface area contributed by atoms with Crippen LogP contribution in [-0.4, -0.2) is 28.2 Å². The second kappa shape index (κ2) is 6.17. The number of carbonyl (C=O) groups is 1. The monoisotopic (exact) mass is 326 g/mol. The van der Waals surface area contributed by atoms with Crippen LogP contribution in [0.2, 0.25) is 0 Å². The van der Waals surface area contributed by atoms with E-state index < -0.39 is 0 Å². The van der Waals surface area contributed by atoms with Gasteiger partial charge in [0, 0.05) is 6.54 Å². The first-order chi connectivity index (χ1) is 9.62. The van der Waals surface area contributed by atoms with E-state index in [1.165, 1.54) is 0 Å². The summed E-state index contributed by atoms with van der Waals surface area (Å²) in [7, 11) is 0. The van der Waals surface area contributed by atoms with Crippen LogP contribution in [0.5, 0.6) is 0 Å². The highest BCUT2D eigenvalue weighted by Gasteiger charge is 2.41. The summed E-state index contributed by atoms with van der Waals surface area (Å²) in [6.45, 7) is 2.46. The average molecular weight is 327 g/mol. The number of carbonyl (C=O) groups excluding carboxylic acids is 1. The van der Waals surface area contributed by atoms with Crippen LogP contribution in [0.4, 0.5) is 0 Å². The average Bonchev–Trinajstić information content (AvgIpc) is 2.97. The molecule has 1 atom stereocenters. The summed E-state index contributed by atoms with van der Waals surface area (Å²) >= 11 is 1.61. The van der Waals surface area contributed by atoms with Crippen molar-refractivity contribution in [3.63, 3.8) is 0 Å². The number of aromatic nitrogens is 2. The second-order valence-corrected chi connectivity index (χ2v) is 6.44. The maximum atomic E-state index is 12.3. The van der Waals surface area contributed by atoms with Gasteiger partial charge in [-0.15, -0.1) is 23.7 Å². The molecule has 1 fully saturated rings. The molecule has 21 heavy (non-hydrogen) atoms. The quantitative estimate of drug-likeness (QED) is 0.789. The third kappa shape index (κ3) is 3.28. The smallest absolute Gasteiger partial charge is 0.272 e. The zero-order valence-electron chi connectivity index (χ0n) is 11.8. The number of hydrogen-bond donors (Lipinski definition) is 3. The number of nitrogens with zero attached hydrogens (tertiary/aromatic N) is 1. The lowest BCUT2D eigenvalue weighted by Gasteiger charge is -2.29. The lowest BCUT2D eigenvalue weighted by Crippen LogP contribution is -2.53. The van der Waals surface area contributed by atoms with Gasteiger partial charge in [-0.05, 0) is 43.2 Å². The van der Waals surface area contributed by atoms with E-state index in [1.807, 2.05) is 24.4 Å². The van der Waals surface area contributed by atoms with Crippen LogP contribution in [-0.2, 0) is 0 Å². The summed E-state index contributed by atoms with van der Waals surface area (Å²) in [5, 5.41) is 12.0. The van der Waals surface area contributed by atoms with Gasteiger partial charge >= 0.3 is 0 Å². The number of rotatable bonds is 5. The highest BCUT2D eigenvalue weighted by atomic mass is 35.5. The van der Waals surface area contributed by atoms with Crippen LogP contribution in [0.15, 0.2) is 23.6 Å². The van der Waals surface area contributed by atoms with Gasteiger partial charge < -0.3 is 11.1 Å². The zero-order valence-corrected chi connectivity index (χ0v) is 13.4. The molecular weight excluding hydrogens is 308 g/mol. The number of H-pyrrole nitrogens is 1. The fourth-order valence-electron chi connectivity index (χ4n) is 2.36. The maximum Gasteiger partial charge on any atom is 0.272 e. The molecule has 5 nitrogen and oxygen atoms in total. The Bertz CT molecular complexity index is 608. The van der Waals surface area contributed by atoms with Gasteiger partial charge in [0.25, 0.3) is 5.91 Å². The summed E-state index contributed by atoms with van der Waals surface area (Å²) in [5.74, 6) is 0.330. The van der Waals surface area contributed by atoms with Crippen LogP contribution in [0.3, 0.4) is 0 Å². The van der Waals surface area contributed by atoms with Gasteiger partial charge in [0.15, 0.2) is 5.69 Å². The molecule has 1 aliphatic rings. The van der Waals surface area contributed by atoms with Crippen molar-refractivity contribution >= 4 is 29.7 Å². The van der Waals surface area contributed by atoms with Crippen LogP contribution in [0.1, 0.15) is 30.3 Å². The lowest BCUT2D eigenvalue weighted by molar-refractivity contribution is 0.0892. The number of halogens is 1. The molecule has 1 saturated carbocycles. The molecule has 1 amide bonds. The van der Waals surface area contributed by atoms with Crippen molar-refractivity contribution in [1.29, 1.82) is 0 Å². The first-order valence-electron chi connectivity index (χ1n) is 6.74. The molecule has 2 heterocycles. The van der Waals surface area contributed by atoms with Crippen LogP contribution in [0, 0.1) is 5.92 Å². The Morgan fingerprint density at radius 3 is 2.95 bits per heavy atom. The van der Waals surface area contributed by atoms with Crippen molar-refractivity contribution in [2.75, 3.05) is 6.54 Å². The van der Waals surface area contributed by atoms with E-state index in [2.05, 4.69) is 15.5 Å². The van der Waals surface area contributed by atoms with Gasteiger partial charge in [0.2, 0.25) is 0 Å². The Balaban J connectivity index is 0.00000161. The predicted molar refractivity (Wildman–Crippen MR) is 86.8 cm³/mol. The highest BCUT2D eigenvalue weighted by molar-refractivity contribution is 7.13. The molecule has 0 bridgehead atoms. The van der Waals surface area contributed by atoms with Gasteiger partial charge in [-0.3, -0.25) is 9.89 Å². The highest BCUT2D eigenvalue weighted by Crippen LogP contribution is 2.39. The van der Waals surface area contributed by atoms with E-state index in [9.17, 15) is 4.79 Å². The van der Waals surface area contributed by atoms with Crippen LogP contribution in [0.25, 0.3) is 10.6 Å². The summed E-state index contributed by atoms with van der Waals surface area (Å²) in [5.41, 5.74) is 6.77. The second-order valence-electron chi connectivity index (χ2n) is 5.49. The third-order valence-electron chi connectivity index (χ3n) is 3.90. The van der Waals surface area contributed by atoms with E-state index >= 15 is 0 Å². The van der Waals surface area contributed by atoms with E-state index in [0.29, 0.717) is 18.2 Å². The van der Waals surface area contributed by atoms with E-state index in [4.69, 9.17) is 5.73 Å². The Hall–Kier alpha value is -1.37. The number of thiophene rings is 1. The number of nitrogens with one attached hydrogen (secondary N) is 2. The molecule has 2 aromatic heterocycles. The normalized spacial score (nSPS) is 16.9. The lowest BCUT2D eigenvalue weighted by atomic mass is 9.96. The molecule has 0 spiro atoms. The molecule has 2 aromatic rings. The minimum Gasteiger partial charge on any atom is -0.344 e. The molecule has 0 saturated heterocycles. The van der Waals surface area contributed by atoms with Gasteiger partial charge in [-0.1, -0.05) is 6.07 Å². The Morgan fingerprint density at radius 2 is 2.38 bits per heavy atom. The summed E-state index contributed by atoms with van der Waals surface area (Å²) in [6, 6.07) is 5.75. The minimum atomic E-state index is -0.320. The molecule has 114 valence electrons. The molecule has 0 radical (unpaired) electrons. The first kappa shape index (κ1) is 16.0. The van der Waals surface area contributed by atoms with Crippen molar-refractivity contribution in [2.24, 2.45) is 11.7 Å². The number of aromatic amines is 1. The molecule has 1 unspecified atom stereocenters. The summed E-state index contributed by atoms with van der Waals surface area (Å²) in [6.07, 6.45) is 2.27. The van der Waals surface area contributed by atoms with E-state index in [0.717, 1.165) is 23.4 Å². The summed E-state index contributed by atoms with van der Waals surface area (Å²) in [4.78, 5) is 13.4. The van der Waals surface area contributed by atoms with Crippen molar-refractivity contribution in [3.8, 4) is 10.6 Å². The molecule has 1 aliphatic carbocycles. The molecule has 0 aliphatic heterocycles. The van der Waals surface area contributed by atoms with Crippen LogP contribution < -0.4 is 11.1 Å². The molecule has 0 aromatic carbocycles. The topological polar surface area (TPSA) is 83.8 Å². The van der Waals surface area contributed by atoms with Crippen molar-refractivity contribution in [3.05, 3.63) is 29.3 Å². The SMILES string of the molecule is CC(CN)(NC(=O)c1cc(-c2cccs2)[nH]n1)C1CC1.Cl. The van der Waals surface area contributed by atoms with Gasteiger partial charge in [0.05, 0.1) is 16.1 Å². The third-order valence-corrected chi connectivity index (χ3v) is 4.80.